The zero-order valence-corrected chi connectivity index (χ0v) is 24.9. The molecule has 2 atom stereocenters. The number of nitrogens with one attached hydrogen (secondary N) is 2. The molecule has 216 valence electrons. The molecule has 1 saturated heterocycles. The highest BCUT2D eigenvalue weighted by Gasteiger charge is 2.45. The standard InChI is InChI=1S/C29H34ClN7O3S/c1-16-14-36(11-10-35(16)2)27(39)17-6-7-18-21(12-17)41-26-22(18)24(31-15-32-26)33-20-13-19(30)23-25(38)34-29(37(23)28(20)40)8-4-3-5-9-29/h13,15-17H,3-12,14H2,1-2H3,(H,34,38)(H,31,32,33)/t16-,17+/m1/s1. The quantitative estimate of drug-likeness (QED) is 0.473. The third-order valence-corrected chi connectivity index (χ3v) is 11.0. The Balaban J connectivity index is 1.20. The molecule has 0 bridgehead atoms. The van der Waals surface area contributed by atoms with Gasteiger partial charge in [-0.2, -0.15) is 0 Å². The number of anilines is 2. The number of nitrogens with zero attached hydrogens (tertiary/aromatic N) is 5. The first kappa shape index (κ1) is 26.9. The van der Waals surface area contributed by atoms with Crippen LogP contribution in [0.25, 0.3) is 10.2 Å². The second-order valence-electron chi connectivity index (χ2n) is 12.0. The van der Waals surface area contributed by atoms with Gasteiger partial charge in [-0.15, -0.1) is 11.3 Å². The van der Waals surface area contributed by atoms with Crippen molar-refractivity contribution >= 4 is 56.5 Å². The monoisotopic (exact) mass is 595 g/mol. The number of aryl methyl sites for hydroxylation is 1. The molecule has 41 heavy (non-hydrogen) atoms. The van der Waals surface area contributed by atoms with Crippen LogP contribution in [0, 0.1) is 5.92 Å². The first-order chi connectivity index (χ1) is 19.8. The summed E-state index contributed by atoms with van der Waals surface area (Å²) in [6.45, 7) is 4.61. The Morgan fingerprint density at radius 2 is 2.00 bits per heavy atom. The summed E-state index contributed by atoms with van der Waals surface area (Å²) < 4.78 is 1.58. The molecule has 2 amide bonds. The average molecular weight is 596 g/mol. The summed E-state index contributed by atoms with van der Waals surface area (Å²) in [5.74, 6) is 0.464. The molecule has 0 unspecified atom stereocenters. The largest absolute Gasteiger partial charge is 0.340 e. The fraction of sp³-hybridized carbons (Fsp3) is 0.552. The van der Waals surface area contributed by atoms with E-state index in [2.05, 4.69) is 39.5 Å². The molecule has 0 aromatic carbocycles. The molecule has 5 heterocycles. The van der Waals surface area contributed by atoms with Gasteiger partial charge in [0.05, 0.1) is 10.4 Å². The van der Waals surface area contributed by atoms with Gasteiger partial charge < -0.3 is 20.4 Å². The molecule has 0 radical (unpaired) electrons. The zero-order chi connectivity index (χ0) is 28.5. The molecule has 2 fully saturated rings. The highest BCUT2D eigenvalue weighted by Crippen LogP contribution is 2.42. The molecule has 1 saturated carbocycles. The maximum atomic E-state index is 13.9. The van der Waals surface area contributed by atoms with Gasteiger partial charge in [-0.1, -0.05) is 18.0 Å². The minimum atomic E-state index is -0.727. The number of amides is 2. The van der Waals surface area contributed by atoms with Gasteiger partial charge in [0.25, 0.3) is 11.5 Å². The molecule has 10 nitrogen and oxygen atoms in total. The maximum absolute atomic E-state index is 13.9. The van der Waals surface area contributed by atoms with Crippen LogP contribution in [-0.2, 0) is 23.3 Å². The van der Waals surface area contributed by atoms with Gasteiger partial charge in [0.15, 0.2) is 0 Å². The van der Waals surface area contributed by atoms with E-state index in [0.29, 0.717) is 31.1 Å². The molecule has 7 rings (SSSR count). The lowest BCUT2D eigenvalue weighted by Crippen LogP contribution is -2.53. The third kappa shape index (κ3) is 4.35. The van der Waals surface area contributed by atoms with Crippen molar-refractivity contribution < 1.29 is 9.59 Å². The van der Waals surface area contributed by atoms with Gasteiger partial charge in [0.1, 0.15) is 34.0 Å². The summed E-state index contributed by atoms with van der Waals surface area (Å²) in [5.41, 5.74) is 0.655. The topological polar surface area (TPSA) is 112 Å². The van der Waals surface area contributed by atoms with Gasteiger partial charge in [-0.05, 0) is 70.5 Å². The van der Waals surface area contributed by atoms with Crippen molar-refractivity contribution in [2.24, 2.45) is 5.92 Å². The second kappa shape index (κ2) is 10.1. The second-order valence-corrected chi connectivity index (χ2v) is 13.5. The van der Waals surface area contributed by atoms with Crippen LogP contribution in [0.2, 0.25) is 5.02 Å². The van der Waals surface area contributed by atoms with Gasteiger partial charge in [0.2, 0.25) is 5.91 Å². The van der Waals surface area contributed by atoms with Crippen LogP contribution in [0.15, 0.2) is 17.2 Å². The minimum absolute atomic E-state index is 0.0348. The van der Waals surface area contributed by atoms with E-state index in [-0.39, 0.29) is 39.7 Å². The highest BCUT2D eigenvalue weighted by molar-refractivity contribution is 7.19. The Hall–Kier alpha value is -3.02. The zero-order valence-electron chi connectivity index (χ0n) is 23.3. The van der Waals surface area contributed by atoms with Crippen LogP contribution in [0.3, 0.4) is 0 Å². The van der Waals surface area contributed by atoms with Crippen LogP contribution in [0.5, 0.6) is 0 Å². The van der Waals surface area contributed by atoms with Crippen molar-refractivity contribution in [2.45, 2.75) is 70.0 Å². The minimum Gasteiger partial charge on any atom is -0.340 e. The number of rotatable bonds is 3. The highest BCUT2D eigenvalue weighted by atomic mass is 35.5. The Morgan fingerprint density at radius 3 is 2.78 bits per heavy atom. The SMILES string of the molecule is C[C@@H]1CN(C(=O)[C@H]2CCc3c(sc4ncnc(Nc5cc(Cl)c6n(c5=O)C5(CCCCC5)NC6=O)c34)C2)CCN1C. The normalized spacial score (nSPS) is 23.9. The smallest absolute Gasteiger partial charge is 0.276 e. The molecule has 2 N–H and O–H groups in total. The molecule has 2 aliphatic carbocycles. The first-order valence-electron chi connectivity index (χ1n) is 14.6. The number of fused-ring (bicyclic) bond motifs is 5. The van der Waals surface area contributed by atoms with Crippen molar-refractivity contribution in [3.8, 4) is 0 Å². The van der Waals surface area contributed by atoms with E-state index in [1.807, 2.05) is 4.90 Å². The molecule has 4 aliphatic rings. The van der Waals surface area contributed by atoms with E-state index in [1.165, 1.54) is 12.4 Å². The summed E-state index contributed by atoms with van der Waals surface area (Å²) in [6, 6.07) is 1.90. The number of piperazine rings is 1. The van der Waals surface area contributed by atoms with E-state index >= 15 is 0 Å². The number of carbonyl (C=O) groups excluding carboxylic acids is 2. The molecule has 1 spiro atoms. The summed E-state index contributed by atoms with van der Waals surface area (Å²) in [5, 5.41) is 7.48. The predicted molar refractivity (Wildman–Crippen MR) is 159 cm³/mol. The van der Waals surface area contributed by atoms with E-state index in [1.54, 1.807) is 15.9 Å². The van der Waals surface area contributed by atoms with E-state index in [4.69, 9.17) is 11.6 Å². The summed E-state index contributed by atoms with van der Waals surface area (Å²) in [6.07, 6.45) is 8.08. The Morgan fingerprint density at radius 1 is 1.20 bits per heavy atom. The van der Waals surface area contributed by atoms with Crippen molar-refractivity contribution in [1.82, 2.24) is 29.7 Å². The number of halogens is 1. The Kier molecular flexibility index (Phi) is 6.59. The number of thiophene rings is 1. The number of hydrogen-bond donors (Lipinski definition) is 2. The van der Waals surface area contributed by atoms with E-state index in [9.17, 15) is 14.4 Å². The molecule has 3 aromatic heterocycles. The molecule has 2 aliphatic heterocycles. The van der Waals surface area contributed by atoms with Crippen molar-refractivity contribution in [2.75, 3.05) is 32.0 Å². The van der Waals surface area contributed by atoms with Crippen molar-refractivity contribution in [1.29, 1.82) is 0 Å². The average Bonchev–Trinajstić information content (AvgIpc) is 3.48. The lowest BCUT2D eigenvalue weighted by molar-refractivity contribution is -0.138. The summed E-state index contributed by atoms with van der Waals surface area (Å²) in [7, 11) is 2.11. The number of aromatic nitrogens is 3. The fourth-order valence-corrected chi connectivity index (χ4v) is 8.70. The third-order valence-electron chi connectivity index (χ3n) is 9.54. The van der Waals surface area contributed by atoms with E-state index < -0.39 is 5.66 Å². The lowest BCUT2D eigenvalue weighted by Gasteiger charge is -2.39. The fourth-order valence-electron chi connectivity index (χ4n) is 7.16. The predicted octanol–water partition coefficient (Wildman–Crippen LogP) is 3.88. The molecule has 12 heteroatoms. The molecular formula is C29H34ClN7O3S. The Bertz CT molecular complexity index is 1630. The van der Waals surface area contributed by atoms with Gasteiger partial charge in [-0.25, -0.2) is 9.97 Å². The number of likely N-dealkylation sites (N-methyl/N-ethyl adjacent to an activating group) is 1. The summed E-state index contributed by atoms with van der Waals surface area (Å²) >= 11 is 8.22. The number of carbonyl (C=O) groups is 2. The molecule has 3 aromatic rings. The number of hydrogen-bond acceptors (Lipinski definition) is 8. The van der Waals surface area contributed by atoms with Crippen LogP contribution < -0.4 is 16.2 Å². The van der Waals surface area contributed by atoms with Gasteiger partial charge in [-0.3, -0.25) is 19.0 Å². The van der Waals surface area contributed by atoms with Crippen molar-refractivity contribution in [3.05, 3.63) is 43.9 Å². The van der Waals surface area contributed by atoms with Crippen LogP contribution in [-0.4, -0.2) is 68.9 Å². The van der Waals surface area contributed by atoms with Gasteiger partial charge in [0, 0.05) is 36.5 Å². The van der Waals surface area contributed by atoms with Crippen LogP contribution in [0.1, 0.15) is 66.4 Å². The van der Waals surface area contributed by atoms with Crippen molar-refractivity contribution in [3.63, 3.8) is 0 Å². The molecular weight excluding hydrogens is 562 g/mol. The lowest BCUT2D eigenvalue weighted by atomic mass is 9.86. The summed E-state index contributed by atoms with van der Waals surface area (Å²) in [4.78, 5) is 55.6. The number of pyridine rings is 1. The van der Waals surface area contributed by atoms with Crippen LogP contribution in [0.4, 0.5) is 11.5 Å². The van der Waals surface area contributed by atoms with Gasteiger partial charge >= 0.3 is 0 Å². The maximum Gasteiger partial charge on any atom is 0.276 e. The van der Waals surface area contributed by atoms with E-state index in [0.717, 1.165) is 72.4 Å². The first-order valence-corrected chi connectivity index (χ1v) is 15.7. The Labute approximate surface area is 247 Å². The van der Waals surface area contributed by atoms with Crippen LogP contribution >= 0.6 is 22.9 Å².